The van der Waals surface area contributed by atoms with Crippen molar-refractivity contribution in [2.75, 3.05) is 49.9 Å². The average Bonchev–Trinajstić information content (AvgIpc) is 2.96. The van der Waals surface area contributed by atoms with Gasteiger partial charge in [0.25, 0.3) is 0 Å². The Bertz CT molecular complexity index is 1280. The molecule has 0 radical (unpaired) electrons. The predicted molar refractivity (Wildman–Crippen MR) is 154 cm³/mol. The van der Waals surface area contributed by atoms with Crippen molar-refractivity contribution in [2.45, 2.75) is 37.3 Å². The number of hydrogen-bond donors (Lipinski definition) is 2. The Balaban J connectivity index is 1.56. The molecule has 0 aliphatic carbocycles. The average molecular weight is 589 g/mol. The Morgan fingerprint density at radius 2 is 1.90 bits per heavy atom. The molecular weight excluding hydrogens is 556 g/mol. The van der Waals surface area contributed by atoms with Gasteiger partial charge in [0.05, 0.1) is 31.5 Å². The van der Waals surface area contributed by atoms with Crippen LogP contribution in [0.3, 0.4) is 0 Å². The summed E-state index contributed by atoms with van der Waals surface area (Å²) in [7, 11) is 1.54. The standard InChI is InChI=1S/C28H33ClN4O6S/c1-37-23-9-8-20(16-22(23)29)17-30-25-24(27(35)39-15-14-38-18-19-6-4-3-5-7-19)26(32-28(31-25)40(2)36)33-12-10-21(34)11-13-33/h3-9,16,21,34H,10-15,17-18H2,1-2H3,(H,30,31,32). The SMILES string of the molecule is COc1ccc(CNc2nc([S+](C)[O-])nc(N3CCC(O)CC3)c2C(=O)OCCOCc2ccccc2)cc1Cl. The van der Waals surface area contributed by atoms with E-state index < -0.39 is 23.2 Å². The molecule has 1 aliphatic rings. The fourth-order valence-electron chi connectivity index (χ4n) is 4.22. The van der Waals surface area contributed by atoms with Crippen molar-refractivity contribution >= 4 is 40.4 Å². The van der Waals surface area contributed by atoms with Gasteiger partial charge < -0.3 is 34.1 Å². The first kappa shape index (κ1) is 29.9. The van der Waals surface area contributed by atoms with E-state index in [2.05, 4.69) is 15.3 Å². The number of methoxy groups -OCH3 is 1. The van der Waals surface area contributed by atoms with Crippen LogP contribution in [0, 0.1) is 0 Å². The molecule has 1 aliphatic heterocycles. The first-order valence-corrected chi connectivity index (χ1v) is 14.8. The summed E-state index contributed by atoms with van der Waals surface area (Å²) < 4.78 is 28.9. The van der Waals surface area contributed by atoms with Crippen LogP contribution in [0.1, 0.15) is 34.3 Å². The molecule has 2 N–H and O–H groups in total. The van der Waals surface area contributed by atoms with Gasteiger partial charge in [-0.15, -0.1) is 0 Å². The molecule has 1 atom stereocenters. The second-order valence-electron chi connectivity index (χ2n) is 9.22. The van der Waals surface area contributed by atoms with E-state index in [0.29, 0.717) is 49.1 Å². The maximum Gasteiger partial charge on any atom is 0.346 e. The lowest BCUT2D eigenvalue weighted by molar-refractivity contribution is 0.0289. The molecule has 12 heteroatoms. The normalized spacial score (nSPS) is 14.6. The van der Waals surface area contributed by atoms with Gasteiger partial charge in [0, 0.05) is 30.8 Å². The molecular formula is C28H33ClN4O6S. The summed E-state index contributed by atoms with van der Waals surface area (Å²) >= 11 is 4.78. The first-order chi connectivity index (χ1) is 19.4. The maximum absolute atomic E-state index is 13.5. The molecule has 1 aromatic heterocycles. The van der Waals surface area contributed by atoms with Crippen molar-refractivity contribution in [1.29, 1.82) is 0 Å². The van der Waals surface area contributed by atoms with Gasteiger partial charge in [0.1, 0.15) is 24.2 Å². The zero-order valence-electron chi connectivity index (χ0n) is 22.5. The van der Waals surface area contributed by atoms with Crippen molar-refractivity contribution in [3.63, 3.8) is 0 Å². The summed E-state index contributed by atoms with van der Waals surface area (Å²) in [6, 6.07) is 15.1. The topological polar surface area (TPSA) is 129 Å². The Labute approximate surface area is 241 Å². The second-order valence-corrected chi connectivity index (χ2v) is 10.9. The van der Waals surface area contributed by atoms with E-state index in [9.17, 15) is 14.5 Å². The summed E-state index contributed by atoms with van der Waals surface area (Å²) in [4.78, 5) is 24.3. The van der Waals surface area contributed by atoms with Crippen LogP contribution in [0.15, 0.2) is 53.7 Å². The van der Waals surface area contributed by atoms with Crippen LogP contribution in [0.4, 0.5) is 11.6 Å². The van der Waals surface area contributed by atoms with E-state index in [-0.39, 0.29) is 36.3 Å². The number of esters is 1. The van der Waals surface area contributed by atoms with Gasteiger partial charge in [-0.3, -0.25) is 0 Å². The zero-order chi connectivity index (χ0) is 28.5. The van der Waals surface area contributed by atoms with Crippen molar-refractivity contribution in [3.8, 4) is 5.75 Å². The lowest BCUT2D eigenvalue weighted by atomic mass is 10.1. The van der Waals surface area contributed by atoms with E-state index in [1.54, 1.807) is 12.1 Å². The molecule has 2 aromatic carbocycles. The number of piperidine rings is 1. The summed E-state index contributed by atoms with van der Waals surface area (Å²) in [6.07, 6.45) is 2.09. The molecule has 2 heterocycles. The Morgan fingerprint density at radius 1 is 1.15 bits per heavy atom. The highest BCUT2D eigenvalue weighted by molar-refractivity contribution is 7.90. The molecule has 40 heavy (non-hydrogen) atoms. The van der Waals surface area contributed by atoms with Crippen molar-refractivity contribution < 1.29 is 28.7 Å². The highest BCUT2D eigenvalue weighted by Crippen LogP contribution is 2.31. The van der Waals surface area contributed by atoms with E-state index in [1.165, 1.54) is 13.4 Å². The van der Waals surface area contributed by atoms with Crippen molar-refractivity contribution in [2.24, 2.45) is 0 Å². The smallest absolute Gasteiger partial charge is 0.346 e. The predicted octanol–water partition coefficient (Wildman–Crippen LogP) is 3.82. The van der Waals surface area contributed by atoms with E-state index >= 15 is 0 Å². The molecule has 1 unspecified atom stereocenters. The Hall–Kier alpha value is -3.09. The van der Waals surface area contributed by atoms with Gasteiger partial charge in [0.15, 0.2) is 11.6 Å². The number of aliphatic hydroxyl groups is 1. The fourth-order valence-corrected chi connectivity index (χ4v) is 4.93. The fraction of sp³-hybridized carbons (Fsp3) is 0.393. The van der Waals surface area contributed by atoms with Crippen LogP contribution < -0.4 is 15.0 Å². The van der Waals surface area contributed by atoms with Gasteiger partial charge >= 0.3 is 11.1 Å². The quantitative estimate of drug-likeness (QED) is 0.139. The van der Waals surface area contributed by atoms with Gasteiger partial charge in [-0.25, -0.2) is 4.79 Å². The first-order valence-electron chi connectivity index (χ1n) is 12.9. The van der Waals surface area contributed by atoms with Crippen LogP contribution in [0.5, 0.6) is 5.75 Å². The number of benzene rings is 2. The molecule has 10 nitrogen and oxygen atoms in total. The molecule has 0 amide bonds. The molecule has 214 valence electrons. The van der Waals surface area contributed by atoms with Crippen LogP contribution >= 0.6 is 11.6 Å². The number of carbonyl (C=O) groups excluding carboxylic acids is 1. The molecule has 0 spiro atoms. The molecule has 1 saturated heterocycles. The number of halogens is 1. The molecule has 0 bridgehead atoms. The third kappa shape index (κ3) is 7.98. The number of aliphatic hydroxyl groups excluding tert-OH is 1. The number of aromatic nitrogens is 2. The van der Waals surface area contributed by atoms with Crippen LogP contribution in [-0.2, 0) is 33.8 Å². The molecule has 1 fully saturated rings. The van der Waals surface area contributed by atoms with E-state index in [4.69, 9.17) is 25.8 Å². The molecule has 3 aromatic rings. The molecule has 0 saturated carbocycles. The van der Waals surface area contributed by atoms with Crippen LogP contribution in [-0.4, -0.2) is 71.4 Å². The zero-order valence-corrected chi connectivity index (χ0v) is 24.0. The van der Waals surface area contributed by atoms with Crippen LogP contribution in [0.25, 0.3) is 0 Å². The second kappa shape index (κ2) is 14.5. The van der Waals surface area contributed by atoms with Gasteiger partial charge in [-0.2, -0.15) is 9.97 Å². The number of rotatable bonds is 12. The number of ether oxygens (including phenoxy) is 3. The van der Waals surface area contributed by atoms with Gasteiger partial charge in [-0.1, -0.05) is 48.0 Å². The third-order valence-corrected chi connectivity index (χ3v) is 7.34. The minimum absolute atomic E-state index is 0.0266. The summed E-state index contributed by atoms with van der Waals surface area (Å²) in [5, 5.41) is 13.7. The maximum atomic E-state index is 13.5. The van der Waals surface area contributed by atoms with Crippen molar-refractivity contribution in [1.82, 2.24) is 9.97 Å². The monoisotopic (exact) mass is 588 g/mol. The van der Waals surface area contributed by atoms with E-state index in [0.717, 1.165) is 11.1 Å². The lowest BCUT2D eigenvalue weighted by Crippen LogP contribution is -2.38. The third-order valence-electron chi connectivity index (χ3n) is 6.34. The Kier molecular flexibility index (Phi) is 10.8. The number of anilines is 2. The highest BCUT2D eigenvalue weighted by atomic mass is 35.5. The van der Waals surface area contributed by atoms with Gasteiger partial charge in [-0.05, 0) is 36.1 Å². The number of nitrogens with one attached hydrogen (secondary N) is 1. The van der Waals surface area contributed by atoms with E-state index in [1.807, 2.05) is 41.3 Å². The number of hydrogen-bond acceptors (Lipinski definition) is 10. The number of nitrogens with zero attached hydrogens (tertiary/aromatic N) is 3. The Morgan fingerprint density at radius 3 is 2.58 bits per heavy atom. The van der Waals surface area contributed by atoms with Gasteiger partial charge in [0.2, 0.25) is 0 Å². The summed E-state index contributed by atoms with van der Waals surface area (Å²) in [5.74, 6) is 0.429. The minimum atomic E-state index is -1.51. The van der Waals surface area contributed by atoms with Crippen LogP contribution in [0.2, 0.25) is 5.02 Å². The summed E-state index contributed by atoms with van der Waals surface area (Å²) in [6.45, 7) is 1.85. The highest BCUT2D eigenvalue weighted by Gasteiger charge is 2.30. The minimum Gasteiger partial charge on any atom is -0.609 e. The lowest BCUT2D eigenvalue weighted by Gasteiger charge is -2.32. The number of carbonyl (C=O) groups is 1. The summed E-state index contributed by atoms with van der Waals surface area (Å²) in [5.41, 5.74) is 1.97. The van der Waals surface area contributed by atoms with Crippen molar-refractivity contribution in [3.05, 3.63) is 70.2 Å². The molecule has 4 rings (SSSR count). The largest absolute Gasteiger partial charge is 0.609 e.